The minimum absolute atomic E-state index is 0.0942. The summed E-state index contributed by atoms with van der Waals surface area (Å²) < 4.78 is 12.3. The fourth-order valence-corrected chi connectivity index (χ4v) is 4.69. The summed E-state index contributed by atoms with van der Waals surface area (Å²) in [5.74, 6) is 1.11. The number of rotatable bonds is 4. The Morgan fingerprint density at radius 1 is 1.14 bits per heavy atom. The van der Waals surface area contributed by atoms with Crippen molar-refractivity contribution in [3.8, 4) is 17.5 Å². The van der Waals surface area contributed by atoms with E-state index in [1.54, 1.807) is 18.4 Å². The average Bonchev–Trinajstić information content (AvgIpc) is 3.43. The summed E-state index contributed by atoms with van der Waals surface area (Å²) in [4.78, 5) is 8.23. The molecule has 1 atom stereocenters. The Bertz CT molecular complexity index is 1080. The van der Waals surface area contributed by atoms with Crippen molar-refractivity contribution in [2.75, 3.05) is 26.3 Å². The van der Waals surface area contributed by atoms with Gasteiger partial charge in [0.15, 0.2) is 5.76 Å². The molecule has 9 heteroatoms. The summed E-state index contributed by atoms with van der Waals surface area (Å²) in [6.45, 7) is 2.87. The van der Waals surface area contributed by atoms with Crippen LogP contribution >= 0.6 is 22.9 Å². The number of aromatic nitrogens is 3. The highest BCUT2D eigenvalue weighted by Gasteiger charge is 2.30. The Kier molecular flexibility index (Phi) is 4.56. The summed E-state index contributed by atoms with van der Waals surface area (Å²) in [5.41, 5.74) is 1.05. The van der Waals surface area contributed by atoms with Crippen LogP contribution in [0.2, 0.25) is 5.02 Å². The van der Waals surface area contributed by atoms with Crippen LogP contribution in [-0.2, 0) is 4.74 Å². The molecule has 3 aromatic heterocycles. The van der Waals surface area contributed by atoms with E-state index in [2.05, 4.69) is 15.0 Å². The second-order valence-corrected chi connectivity index (χ2v) is 7.94. The fourth-order valence-electron chi connectivity index (χ4n) is 3.45. The van der Waals surface area contributed by atoms with Crippen LogP contribution in [0.25, 0.3) is 16.5 Å². The van der Waals surface area contributed by atoms with Gasteiger partial charge in [0.25, 0.3) is 0 Å². The number of nitrogens with zero attached hydrogens (tertiary/aromatic N) is 4. The summed E-state index contributed by atoms with van der Waals surface area (Å²) in [6, 6.07) is 11.2. The van der Waals surface area contributed by atoms with Crippen molar-refractivity contribution >= 4 is 27.9 Å². The molecule has 0 saturated carbocycles. The van der Waals surface area contributed by atoms with E-state index in [-0.39, 0.29) is 11.9 Å². The zero-order chi connectivity index (χ0) is 19.1. The Morgan fingerprint density at radius 2 is 1.93 bits per heavy atom. The van der Waals surface area contributed by atoms with Gasteiger partial charge in [0, 0.05) is 18.1 Å². The number of fused-ring (bicyclic) bond motifs is 1. The van der Waals surface area contributed by atoms with E-state index in [0.29, 0.717) is 34.8 Å². The van der Waals surface area contributed by atoms with Gasteiger partial charge in [-0.2, -0.15) is 9.50 Å². The Hall–Kier alpha value is -2.39. The molecular weight excluding hydrogens is 400 g/mol. The first kappa shape index (κ1) is 17.7. The van der Waals surface area contributed by atoms with Crippen LogP contribution < -0.4 is 0 Å². The third kappa shape index (κ3) is 3.08. The number of thiazole rings is 1. The van der Waals surface area contributed by atoms with E-state index in [0.717, 1.165) is 23.5 Å². The Labute approximate surface area is 169 Å². The molecule has 0 radical (unpaired) electrons. The number of hydrogen-bond donors (Lipinski definition) is 1. The van der Waals surface area contributed by atoms with E-state index in [9.17, 15) is 5.11 Å². The van der Waals surface area contributed by atoms with Gasteiger partial charge in [0.1, 0.15) is 0 Å². The number of hydrogen-bond acceptors (Lipinski definition) is 7. The molecule has 1 unspecified atom stereocenters. The van der Waals surface area contributed by atoms with Crippen molar-refractivity contribution < 1.29 is 14.3 Å². The largest absolute Gasteiger partial charge is 0.492 e. The molecule has 4 heterocycles. The van der Waals surface area contributed by atoms with E-state index in [4.69, 9.17) is 20.8 Å². The predicted molar refractivity (Wildman–Crippen MR) is 106 cm³/mol. The van der Waals surface area contributed by atoms with Crippen molar-refractivity contribution in [1.29, 1.82) is 0 Å². The minimum Gasteiger partial charge on any atom is -0.492 e. The highest BCUT2D eigenvalue weighted by molar-refractivity contribution is 7.17. The second-order valence-electron chi connectivity index (χ2n) is 6.50. The molecular formula is C19H17ClN4O3S. The van der Waals surface area contributed by atoms with Crippen LogP contribution in [0.1, 0.15) is 16.5 Å². The monoisotopic (exact) mass is 416 g/mol. The first-order valence-electron chi connectivity index (χ1n) is 8.90. The van der Waals surface area contributed by atoms with Gasteiger partial charge in [-0.3, -0.25) is 4.90 Å². The van der Waals surface area contributed by atoms with Gasteiger partial charge in [-0.1, -0.05) is 35.1 Å². The minimum atomic E-state index is -0.123. The molecule has 4 aromatic rings. The highest BCUT2D eigenvalue weighted by Crippen LogP contribution is 2.40. The molecule has 1 fully saturated rings. The molecule has 1 N–H and O–H groups in total. The number of ether oxygens (including phenoxy) is 1. The zero-order valence-corrected chi connectivity index (χ0v) is 16.4. The number of halogens is 1. The van der Waals surface area contributed by atoms with Crippen molar-refractivity contribution in [3.05, 3.63) is 58.1 Å². The van der Waals surface area contributed by atoms with Crippen LogP contribution in [0.4, 0.5) is 0 Å². The van der Waals surface area contributed by atoms with Crippen molar-refractivity contribution in [3.63, 3.8) is 0 Å². The Morgan fingerprint density at radius 3 is 2.61 bits per heavy atom. The molecule has 144 valence electrons. The summed E-state index contributed by atoms with van der Waals surface area (Å²) >= 11 is 7.50. The van der Waals surface area contributed by atoms with Crippen LogP contribution in [0.3, 0.4) is 0 Å². The number of furan rings is 1. The van der Waals surface area contributed by atoms with Gasteiger partial charge in [0.05, 0.1) is 30.4 Å². The summed E-state index contributed by atoms with van der Waals surface area (Å²) in [5, 5.41) is 16.1. The smallest absolute Gasteiger partial charge is 0.230 e. The molecule has 0 amide bonds. The number of aromatic hydroxyl groups is 1. The van der Waals surface area contributed by atoms with Crippen molar-refractivity contribution in [2.45, 2.75) is 6.04 Å². The van der Waals surface area contributed by atoms with E-state index >= 15 is 0 Å². The molecule has 1 aromatic carbocycles. The second kappa shape index (κ2) is 7.21. The summed E-state index contributed by atoms with van der Waals surface area (Å²) in [7, 11) is 0. The van der Waals surface area contributed by atoms with E-state index < -0.39 is 0 Å². The maximum atomic E-state index is 11.0. The lowest BCUT2D eigenvalue weighted by atomic mass is 10.0. The Balaban J connectivity index is 1.59. The van der Waals surface area contributed by atoms with Crippen molar-refractivity contribution in [2.24, 2.45) is 0 Å². The lowest BCUT2D eigenvalue weighted by Gasteiger charge is -2.34. The molecule has 0 spiro atoms. The van der Waals surface area contributed by atoms with Crippen LogP contribution in [0.15, 0.2) is 47.1 Å². The SMILES string of the molecule is Oc1c(C(c2ccc(Cl)cc2)N2CCOCC2)sc2nc(-c3ccco3)nn12. The quantitative estimate of drug-likeness (QED) is 0.545. The molecule has 7 nitrogen and oxygen atoms in total. The summed E-state index contributed by atoms with van der Waals surface area (Å²) in [6.07, 6.45) is 1.57. The molecule has 1 aliphatic rings. The van der Waals surface area contributed by atoms with Gasteiger partial charge in [-0.15, -0.1) is 5.10 Å². The molecule has 0 aliphatic carbocycles. The maximum absolute atomic E-state index is 11.0. The molecule has 28 heavy (non-hydrogen) atoms. The van der Waals surface area contributed by atoms with E-state index in [1.807, 2.05) is 24.3 Å². The predicted octanol–water partition coefficient (Wildman–Crippen LogP) is 3.83. The van der Waals surface area contributed by atoms with Gasteiger partial charge >= 0.3 is 0 Å². The van der Waals surface area contributed by atoms with Crippen LogP contribution in [0, 0.1) is 0 Å². The third-order valence-electron chi connectivity index (χ3n) is 4.79. The first-order valence-corrected chi connectivity index (χ1v) is 10.1. The lowest BCUT2D eigenvalue weighted by Crippen LogP contribution is -2.39. The van der Waals surface area contributed by atoms with Crippen LogP contribution in [-0.4, -0.2) is 50.9 Å². The maximum Gasteiger partial charge on any atom is 0.230 e. The third-order valence-corrected chi connectivity index (χ3v) is 6.11. The normalized spacial score (nSPS) is 16.6. The molecule has 5 rings (SSSR count). The van der Waals surface area contributed by atoms with Gasteiger partial charge in [-0.25, -0.2) is 0 Å². The van der Waals surface area contributed by atoms with E-state index in [1.165, 1.54) is 15.9 Å². The topological polar surface area (TPSA) is 76.0 Å². The molecule has 0 bridgehead atoms. The van der Waals surface area contributed by atoms with Gasteiger partial charge < -0.3 is 14.3 Å². The molecule has 1 saturated heterocycles. The van der Waals surface area contributed by atoms with Crippen LogP contribution in [0.5, 0.6) is 5.88 Å². The zero-order valence-electron chi connectivity index (χ0n) is 14.8. The number of benzene rings is 1. The standard InChI is InChI=1S/C19H17ClN4O3S/c20-13-5-3-12(4-6-13)15(23-7-10-26-11-8-23)16-18(25)24-19(28-16)21-17(22-24)14-2-1-9-27-14/h1-6,9,15,25H,7-8,10-11H2. The number of morpholine rings is 1. The fraction of sp³-hybridized carbons (Fsp3) is 0.263. The average molecular weight is 417 g/mol. The highest BCUT2D eigenvalue weighted by atomic mass is 35.5. The molecule has 1 aliphatic heterocycles. The van der Waals surface area contributed by atoms with Gasteiger partial charge in [0.2, 0.25) is 16.7 Å². The first-order chi connectivity index (χ1) is 13.7. The van der Waals surface area contributed by atoms with Gasteiger partial charge in [-0.05, 0) is 29.8 Å². The van der Waals surface area contributed by atoms with Crippen molar-refractivity contribution in [1.82, 2.24) is 19.5 Å². The lowest BCUT2D eigenvalue weighted by molar-refractivity contribution is 0.0241.